The van der Waals surface area contributed by atoms with Gasteiger partial charge in [-0.1, -0.05) is 12.8 Å². The molecule has 1 aromatic heterocycles. The second-order valence-electron chi connectivity index (χ2n) is 6.69. The lowest BCUT2D eigenvalue weighted by Gasteiger charge is -2.38. The first-order valence-corrected chi connectivity index (χ1v) is 8.89. The highest BCUT2D eigenvalue weighted by Gasteiger charge is 2.30. The lowest BCUT2D eigenvalue weighted by atomic mass is 10.0. The molecule has 2 saturated heterocycles. The standard InChI is InChI=1S/C18H26N2O4/c1-23-18(22)14-11-16(24-13-14)17(21)20-10-6-7-15(12-20)19-8-4-2-3-5-9-19/h11,13,15H,2-10,12H2,1H3. The fourth-order valence-electron chi connectivity index (χ4n) is 3.73. The summed E-state index contributed by atoms with van der Waals surface area (Å²) >= 11 is 0. The average molecular weight is 334 g/mol. The maximum atomic E-state index is 12.7. The minimum atomic E-state index is -0.487. The summed E-state index contributed by atoms with van der Waals surface area (Å²) in [4.78, 5) is 28.6. The Balaban J connectivity index is 1.64. The van der Waals surface area contributed by atoms with Crippen molar-refractivity contribution in [1.29, 1.82) is 0 Å². The van der Waals surface area contributed by atoms with Crippen LogP contribution >= 0.6 is 0 Å². The van der Waals surface area contributed by atoms with E-state index in [1.165, 1.54) is 45.1 Å². The third-order valence-corrected chi connectivity index (χ3v) is 5.07. The van der Waals surface area contributed by atoms with Crippen molar-refractivity contribution < 1.29 is 18.7 Å². The molecule has 0 spiro atoms. The molecule has 6 heteroatoms. The van der Waals surface area contributed by atoms with Gasteiger partial charge in [-0.3, -0.25) is 9.69 Å². The summed E-state index contributed by atoms with van der Waals surface area (Å²) in [7, 11) is 1.31. The number of ether oxygens (including phenoxy) is 1. The molecule has 0 N–H and O–H groups in total. The van der Waals surface area contributed by atoms with Crippen molar-refractivity contribution in [2.75, 3.05) is 33.3 Å². The topological polar surface area (TPSA) is 63.0 Å². The summed E-state index contributed by atoms with van der Waals surface area (Å²) in [5.74, 6) is -0.407. The first-order valence-electron chi connectivity index (χ1n) is 8.89. The van der Waals surface area contributed by atoms with Crippen LogP contribution in [0.15, 0.2) is 16.7 Å². The highest BCUT2D eigenvalue weighted by molar-refractivity contribution is 5.96. The van der Waals surface area contributed by atoms with Crippen LogP contribution in [0.5, 0.6) is 0 Å². The molecular weight excluding hydrogens is 308 g/mol. The SMILES string of the molecule is COC(=O)c1coc(C(=O)N2CCCC(N3CCCCCC3)C2)c1. The number of furan rings is 1. The van der Waals surface area contributed by atoms with E-state index in [0.29, 0.717) is 6.04 Å². The Labute approximate surface area is 142 Å². The number of rotatable bonds is 3. The summed E-state index contributed by atoms with van der Waals surface area (Å²) in [6, 6.07) is 1.92. The number of carbonyl (C=O) groups is 2. The van der Waals surface area contributed by atoms with E-state index in [4.69, 9.17) is 4.42 Å². The molecule has 3 rings (SSSR count). The number of hydrogen-bond acceptors (Lipinski definition) is 5. The molecule has 1 unspecified atom stereocenters. The average Bonchev–Trinajstić information content (AvgIpc) is 2.96. The van der Waals surface area contributed by atoms with Crippen molar-refractivity contribution in [1.82, 2.24) is 9.80 Å². The van der Waals surface area contributed by atoms with Crippen molar-refractivity contribution in [2.24, 2.45) is 0 Å². The van der Waals surface area contributed by atoms with Crippen molar-refractivity contribution in [2.45, 2.75) is 44.6 Å². The highest BCUT2D eigenvalue weighted by Crippen LogP contribution is 2.22. The van der Waals surface area contributed by atoms with Crippen LogP contribution in [0.4, 0.5) is 0 Å². The van der Waals surface area contributed by atoms with Gasteiger partial charge in [0.05, 0.1) is 12.7 Å². The molecule has 0 saturated carbocycles. The van der Waals surface area contributed by atoms with Crippen LogP contribution in [0.25, 0.3) is 0 Å². The smallest absolute Gasteiger partial charge is 0.341 e. The van der Waals surface area contributed by atoms with Crippen LogP contribution in [0, 0.1) is 0 Å². The van der Waals surface area contributed by atoms with Crippen LogP contribution in [-0.4, -0.2) is 61.0 Å². The maximum Gasteiger partial charge on any atom is 0.341 e. The lowest BCUT2D eigenvalue weighted by Crippen LogP contribution is -2.50. The normalized spacial score (nSPS) is 22.9. The van der Waals surface area contributed by atoms with E-state index in [2.05, 4.69) is 9.64 Å². The van der Waals surface area contributed by atoms with Gasteiger partial charge in [0.2, 0.25) is 0 Å². The van der Waals surface area contributed by atoms with E-state index in [1.807, 2.05) is 4.90 Å². The number of carbonyl (C=O) groups excluding carboxylic acids is 2. The van der Waals surface area contributed by atoms with E-state index in [1.54, 1.807) is 0 Å². The molecule has 0 aromatic carbocycles. The predicted molar refractivity (Wildman–Crippen MR) is 89.0 cm³/mol. The molecule has 1 atom stereocenters. The summed E-state index contributed by atoms with van der Waals surface area (Å²) in [6.07, 6.45) is 8.58. The van der Waals surface area contributed by atoms with Gasteiger partial charge >= 0.3 is 5.97 Å². The number of likely N-dealkylation sites (tertiary alicyclic amines) is 2. The number of nitrogens with zero attached hydrogens (tertiary/aromatic N) is 2. The molecule has 1 amide bonds. The number of hydrogen-bond donors (Lipinski definition) is 0. The van der Waals surface area contributed by atoms with Crippen molar-refractivity contribution >= 4 is 11.9 Å². The Bertz CT molecular complexity index is 575. The minimum absolute atomic E-state index is 0.135. The quantitative estimate of drug-likeness (QED) is 0.795. The molecule has 3 heterocycles. The first-order chi connectivity index (χ1) is 11.7. The molecule has 2 aliphatic heterocycles. The lowest BCUT2D eigenvalue weighted by molar-refractivity contribution is 0.0549. The van der Waals surface area contributed by atoms with Crippen molar-refractivity contribution in [3.63, 3.8) is 0 Å². The summed E-state index contributed by atoms with van der Waals surface area (Å²) < 4.78 is 9.95. The van der Waals surface area contributed by atoms with Gasteiger partial charge < -0.3 is 14.1 Å². The zero-order valence-corrected chi connectivity index (χ0v) is 14.3. The van der Waals surface area contributed by atoms with Crippen LogP contribution in [0.2, 0.25) is 0 Å². The maximum absolute atomic E-state index is 12.7. The van der Waals surface area contributed by atoms with E-state index in [9.17, 15) is 9.59 Å². The van der Waals surface area contributed by atoms with Gasteiger partial charge in [0.1, 0.15) is 6.26 Å². The zero-order chi connectivity index (χ0) is 16.9. The van der Waals surface area contributed by atoms with Crippen LogP contribution in [0.3, 0.4) is 0 Å². The molecule has 6 nitrogen and oxygen atoms in total. The fraction of sp³-hybridized carbons (Fsp3) is 0.667. The van der Waals surface area contributed by atoms with Crippen molar-refractivity contribution in [3.05, 3.63) is 23.7 Å². The van der Waals surface area contributed by atoms with Gasteiger partial charge in [-0.15, -0.1) is 0 Å². The Morgan fingerprint density at radius 2 is 1.88 bits per heavy atom. The second-order valence-corrected chi connectivity index (χ2v) is 6.69. The summed E-state index contributed by atoms with van der Waals surface area (Å²) in [5, 5.41) is 0. The van der Waals surface area contributed by atoms with E-state index < -0.39 is 5.97 Å². The molecule has 0 radical (unpaired) electrons. The van der Waals surface area contributed by atoms with Crippen LogP contribution in [-0.2, 0) is 4.74 Å². The fourth-order valence-corrected chi connectivity index (χ4v) is 3.73. The van der Waals surface area contributed by atoms with Gasteiger partial charge in [0, 0.05) is 25.2 Å². The van der Waals surface area contributed by atoms with E-state index in [0.717, 1.165) is 39.0 Å². The predicted octanol–water partition coefficient (Wildman–Crippen LogP) is 2.55. The minimum Gasteiger partial charge on any atom is -0.465 e. The monoisotopic (exact) mass is 334 g/mol. The zero-order valence-electron chi connectivity index (χ0n) is 14.3. The molecule has 0 aliphatic carbocycles. The second kappa shape index (κ2) is 7.83. The molecule has 2 fully saturated rings. The summed E-state index contributed by atoms with van der Waals surface area (Å²) in [5.41, 5.74) is 0.280. The van der Waals surface area contributed by atoms with Gasteiger partial charge in [0.15, 0.2) is 5.76 Å². The Morgan fingerprint density at radius 3 is 2.58 bits per heavy atom. The number of esters is 1. The molecular formula is C18H26N2O4. The van der Waals surface area contributed by atoms with Gasteiger partial charge in [-0.25, -0.2) is 4.79 Å². The van der Waals surface area contributed by atoms with Crippen LogP contribution in [0.1, 0.15) is 59.4 Å². The van der Waals surface area contributed by atoms with E-state index >= 15 is 0 Å². The first kappa shape index (κ1) is 17.0. The number of amides is 1. The third-order valence-electron chi connectivity index (χ3n) is 5.07. The molecule has 2 aliphatic rings. The molecule has 1 aromatic rings. The van der Waals surface area contributed by atoms with Gasteiger partial charge in [-0.05, 0) is 38.8 Å². The van der Waals surface area contributed by atoms with E-state index in [-0.39, 0.29) is 17.2 Å². The Kier molecular flexibility index (Phi) is 5.56. The number of piperidine rings is 1. The largest absolute Gasteiger partial charge is 0.465 e. The van der Waals surface area contributed by atoms with Crippen molar-refractivity contribution in [3.8, 4) is 0 Å². The third kappa shape index (κ3) is 3.80. The van der Waals surface area contributed by atoms with Gasteiger partial charge in [-0.2, -0.15) is 0 Å². The highest BCUT2D eigenvalue weighted by atomic mass is 16.5. The van der Waals surface area contributed by atoms with Crippen LogP contribution < -0.4 is 0 Å². The molecule has 24 heavy (non-hydrogen) atoms. The summed E-state index contributed by atoms with van der Waals surface area (Å²) in [6.45, 7) is 3.77. The molecule has 132 valence electrons. The Morgan fingerprint density at radius 1 is 1.12 bits per heavy atom. The Hall–Kier alpha value is -1.82. The molecule has 0 bridgehead atoms. The number of methoxy groups -OCH3 is 1. The van der Waals surface area contributed by atoms with Gasteiger partial charge in [0.25, 0.3) is 5.91 Å².